The van der Waals surface area contributed by atoms with Crippen molar-refractivity contribution >= 4 is 16.0 Å². The van der Waals surface area contributed by atoms with Gasteiger partial charge in [-0.3, -0.25) is 4.84 Å². The summed E-state index contributed by atoms with van der Waals surface area (Å²) in [6.45, 7) is 1.79. The van der Waals surface area contributed by atoms with Crippen molar-refractivity contribution in [1.29, 1.82) is 0 Å². The molecular formula is C15H19N3O6S. The number of benzene rings is 1. The van der Waals surface area contributed by atoms with E-state index < -0.39 is 16.0 Å². The third-order valence-corrected chi connectivity index (χ3v) is 4.95. The van der Waals surface area contributed by atoms with Gasteiger partial charge in [0.05, 0.1) is 17.6 Å². The van der Waals surface area contributed by atoms with Crippen molar-refractivity contribution < 1.29 is 27.3 Å². The van der Waals surface area contributed by atoms with Gasteiger partial charge in [0, 0.05) is 13.5 Å². The first-order valence-corrected chi connectivity index (χ1v) is 8.94. The number of carbonyl (C=O) groups excluding carboxylic acids is 1. The molecule has 1 aromatic heterocycles. The molecule has 2 aromatic rings. The molecule has 0 atom stereocenters. The predicted octanol–water partition coefficient (Wildman–Crippen LogP) is 1.56. The van der Waals surface area contributed by atoms with Gasteiger partial charge in [-0.05, 0) is 24.6 Å². The lowest BCUT2D eigenvalue weighted by atomic mass is 10.2. The van der Waals surface area contributed by atoms with Gasteiger partial charge in [0.1, 0.15) is 0 Å². The highest BCUT2D eigenvalue weighted by Gasteiger charge is 2.22. The van der Waals surface area contributed by atoms with Crippen molar-refractivity contribution in [2.45, 2.75) is 31.3 Å². The Kier molecular flexibility index (Phi) is 6.23. The fraction of sp³-hybridized carbons (Fsp3) is 0.400. The van der Waals surface area contributed by atoms with Crippen LogP contribution < -0.4 is 0 Å². The molecule has 10 heteroatoms. The Labute approximate surface area is 145 Å². The van der Waals surface area contributed by atoms with Crippen LogP contribution >= 0.6 is 0 Å². The standard InChI is InChI=1S/C15H19N3O6S/c1-4-6-13-16-14(24-17-13)10-23-15(19)11-7-5-8-12(9-11)25(20,21)18(2)22-3/h5,7-9H,4,6,10H2,1-3H3. The number of esters is 1. The highest BCUT2D eigenvalue weighted by molar-refractivity contribution is 7.89. The van der Waals surface area contributed by atoms with Crippen LogP contribution in [-0.4, -0.2) is 43.2 Å². The van der Waals surface area contributed by atoms with E-state index in [0.717, 1.165) is 6.42 Å². The first kappa shape index (κ1) is 19.0. The molecule has 0 fully saturated rings. The van der Waals surface area contributed by atoms with E-state index >= 15 is 0 Å². The molecule has 0 aliphatic heterocycles. The van der Waals surface area contributed by atoms with Gasteiger partial charge in [-0.15, -0.1) is 0 Å². The molecule has 1 aromatic carbocycles. The highest BCUT2D eigenvalue weighted by atomic mass is 32.2. The second kappa shape index (κ2) is 8.19. The van der Waals surface area contributed by atoms with Crippen LogP contribution in [0.15, 0.2) is 33.7 Å². The summed E-state index contributed by atoms with van der Waals surface area (Å²) in [5.41, 5.74) is 0.0823. The SMILES string of the molecule is CCCc1noc(COC(=O)c2cccc(S(=O)(=O)N(C)OC)c2)n1. The smallest absolute Gasteiger partial charge is 0.338 e. The molecule has 136 valence electrons. The first-order valence-electron chi connectivity index (χ1n) is 7.50. The minimum Gasteiger partial charge on any atom is -0.452 e. The largest absolute Gasteiger partial charge is 0.452 e. The van der Waals surface area contributed by atoms with Crippen molar-refractivity contribution in [2.75, 3.05) is 14.2 Å². The summed E-state index contributed by atoms with van der Waals surface area (Å²) in [5.74, 6) is 0.0243. The summed E-state index contributed by atoms with van der Waals surface area (Å²) in [6, 6.07) is 5.46. The Hall–Kier alpha value is -2.30. The van der Waals surface area contributed by atoms with Gasteiger partial charge in [0.2, 0.25) is 0 Å². The molecule has 0 saturated carbocycles. The molecule has 9 nitrogen and oxygen atoms in total. The van der Waals surface area contributed by atoms with Crippen LogP contribution in [0.3, 0.4) is 0 Å². The number of sulfonamides is 1. The van der Waals surface area contributed by atoms with Gasteiger partial charge in [-0.25, -0.2) is 13.2 Å². The van der Waals surface area contributed by atoms with Crippen molar-refractivity contribution in [3.05, 3.63) is 41.5 Å². The minimum absolute atomic E-state index is 0.0823. The van der Waals surface area contributed by atoms with Crippen LogP contribution in [0.4, 0.5) is 0 Å². The topological polar surface area (TPSA) is 112 Å². The van der Waals surface area contributed by atoms with Gasteiger partial charge in [-0.1, -0.05) is 22.6 Å². The van der Waals surface area contributed by atoms with Gasteiger partial charge in [0.25, 0.3) is 15.9 Å². The molecule has 0 saturated heterocycles. The number of ether oxygens (including phenoxy) is 1. The zero-order valence-corrected chi connectivity index (χ0v) is 14.9. The van der Waals surface area contributed by atoms with Crippen LogP contribution in [0, 0.1) is 0 Å². The van der Waals surface area contributed by atoms with Gasteiger partial charge in [0.15, 0.2) is 12.4 Å². The van der Waals surface area contributed by atoms with Gasteiger partial charge >= 0.3 is 5.97 Å². The molecule has 0 unspecified atom stereocenters. The molecule has 0 bridgehead atoms. The molecule has 0 aliphatic carbocycles. The normalized spacial score (nSPS) is 11.7. The van der Waals surface area contributed by atoms with Crippen molar-refractivity contribution in [3.8, 4) is 0 Å². The third kappa shape index (κ3) is 4.62. The van der Waals surface area contributed by atoms with E-state index in [4.69, 9.17) is 14.1 Å². The zero-order valence-electron chi connectivity index (χ0n) is 14.1. The maximum Gasteiger partial charge on any atom is 0.338 e. The Balaban J connectivity index is 2.08. The summed E-state index contributed by atoms with van der Waals surface area (Å²) in [6.07, 6.45) is 1.54. The Bertz CT molecular complexity index is 833. The predicted molar refractivity (Wildman–Crippen MR) is 85.8 cm³/mol. The molecule has 1 heterocycles. The number of aryl methyl sites for hydroxylation is 1. The fourth-order valence-electron chi connectivity index (χ4n) is 1.91. The van der Waals surface area contributed by atoms with Crippen LogP contribution in [0.2, 0.25) is 0 Å². The van der Waals surface area contributed by atoms with Gasteiger partial charge in [-0.2, -0.15) is 4.98 Å². The van der Waals surface area contributed by atoms with E-state index in [1.54, 1.807) is 0 Å². The fourth-order valence-corrected chi connectivity index (χ4v) is 2.93. The number of rotatable bonds is 8. The number of nitrogens with zero attached hydrogens (tertiary/aromatic N) is 3. The second-order valence-electron chi connectivity index (χ2n) is 5.06. The summed E-state index contributed by atoms with van der Waals surface area (Å²) in [7, 11) is -1.37. The monoisotopic (exact) mass is 369 g/mol. The molecule has 0 spiro atoms. The summed E-state index contributed by atoms with van der Waals surface area (Å²) in [4.78, 5) is 20.8. The number of carbonyl (C=O) groups is 1. The van der Waals surface area contributed by atoms with Crippen molar-refractivity contribution in [3.63, 3.8) is 0 Å². The van der Waals surface area contributed by atoms with E-state index in [-0.39, 0.29) is 23.0 Å². The molecule has 0 N–H and O–H groups in total. The maximum atomic E-state index is 12.2. The first-order chi connectivity index (χ1) is 11.9. The summed E-state index contributed by atoms with van der Waals surface area (Å²) in [5, 5.41) is 3.76. The quantitative estimate of drug-likeness (QED) is 0.509. The molecule has 0 radical (unpaired) electrons. The Morgan fingerprint density at radius 2 is 2.12 bits per heavy atom. The van der Waals surface area contributed by atoms with E-state index in [2.05, 4.69) is 10.1 Å². The van der Waals surface area contributed by atoms with E-state index in [0.29, 0.717) is 16.7 Å². The lowest BCUT2D eigenvalue weighted by Crippen LogP contribution is -2.25. The number of hydroxylamine groups is 1. The highest BCUT2D eigenvalue weighted by Crippen LogP contribution is 2.17. The molecule has 25 heavy (non-hydrogen) atoms. The Morgan fingerprint density at radius 1 is 1.36 bits per heavy atom. The van der Waals surface area contributed by atoms with Crippen molar-refractivity contribution in [2.24, 2.45) is 0 Å². The number of aromatic nitrogens is 2. The summed E-state index contributed by atoms with van der Waals surface area (Å²) >= 11 is 0. The molecule has 2 rings (SSSR count). The maximum absolute atomic E-state index is 12.2. The van der Waals surface area contributed by atoms with Crippen LogP contribution in [-0.2, 0) is 32.6 Å². The lowest BCUT2D eigenvalue weighted by Gasteiger charge is -2.14. The van der Waals surface area contributed by atoms with Crippen LogP contribution in [0.25, 0.3) is 0 Å². The molecule has 0 amide bonds. The van der Waals surface area contributed by atoms with Crippen LogP contribution in [0.5, 0.6) is 0 Å². The summed E-state index contributed by atoms with van der Waals surface area (Å²) < 4.78 is 35.1. The third-order valence-electron chi connectivity index (χ3n) is 3.27. The van der Waals surface area contributed by atoms with E-state index in [9.17, 15) is 13.2 Å². The number of hydrogen-bond donors (Lipinski definition) is 0. The number of hydrogen-bond acceptors (Lipinski definition) is 8. The average Bonchev–Trinajstić information content (AvgIpc) is 3.06. The lowest BCUT2D eigenvalue weighted by molar-refractivity contribution is -0.0258. The Morgan fingerprint density at radius 3 is 2.80 bits per heavy atom. The average molecular weight is 369 g/mol. The molecular weight excluding hydrogens is 350 g/mol. The molecule has 0 aliphatic rings. The zero-order chi connectivity index (χ0) is 18.4. The van der Waals surface area contributed by atoms with E-state index in [1.807, 2.05) is 6.92 Å². The minimum atomic E-state index is -3.85. The van der Waals surface area contributed by atoms with Gasteiger partial charge < -0.3 is 9.26 Å². The van der Waals surface area contributed by atoms with Crippen molar-refractivity contribution in [1.82, 2.24) is 14.6 Å². The van der Waals surface area contributed by atoms with E-state index in [1.165, 1.54) is 38.4 Å². The second-order valence-corrected chi connectivity index (χ2v) is 6.99. The van der Waals surface area contributed by atoms with Crippen LogP contribution in [0.1, 0.15) is 35.4 Å².